The second kappa shape index (κ2) is 12.9. The van der Waals surface area contributed by atoms with Crippen LogP contribution < -0.4 is 0 Å². The minimum Gasteiger partial charge on any atom is -0.298 e. The van der Waals surface area contributed by atoms with Crippen LogP contribution in [-0.2, 0) is 0 Å². The van der Waals surface area contributed by atoms with Crippen molar-refractivity contribution in [1.82, 2.24) is 19.9 Å². The fraction of sp³-hybridized carbons (Fsp3) is 1.00. The van der Waals surface area contributed by atoms with Crippen molar-refractivity contribution in [2.45, 2.75) is 20.8 Å². The molecule has 128 valence electrons. The summed E-state index contributed by atoms with van der Waals surface area (Å²) in [6, 6.07) is 0. The molecule has 0 amide bonds. The highest BCUT2D eigenvalue weighted by molar-refractivity contribution is 4.65. The quantitative estimate of drug-likeness (QED) is 0.331. The van der Waals surface area contributed by atoms with E-state index in [-0.39, 0.29) is 0 Å². The molecule has 0 rings (SSSR count). The predicted octanol–water partition coefficient (Wildman–Crippen LogP) is 1.30. The summed E-state index contributed by atoms with van der Waals surface area (Å²) in [5.41, 5.74) is 0. The molecule has 0 saturated carbocycles. The van der Waals surface area contributed by atoms with Gasteiger partial charge in [0.05, 0.1) is 35.5 Å². The molecule has 0 heterocycles. The van der Waals surface area contributed by atoms with Gasteiger partial charge in [0, 0.05) is 39.3 Å². The van der Waals surface area contributed by atoms with Crippen LogP contribution in [0.5, 0.6) is 0 Å². The van der Waals surface area contributed by atoms with Crippen LogP contribution in [0.4, 0.5) is 0 Å². The molecular formula is C12H27N7O3. The summed E-state index contributed by atoms with van der Waals surface area (Å²) in [6.07, 6.45) is 0. The van der Waals surface area contributed by atoms with Gasteiger partial charge in [-0.15, -0.1) is 14.7 Å². The van der Waals surface area contributed by atoms with E-state index >= 15 is 0 Å². The molecule has 0 saturated heterocycles. The van der Waals surface area contributed by atoms with Gasteiger partial charge in [0.1, 0.15) is 0 Å². The van der Waals surface area contributed by atoms with Gasteiger partial charge in [-0.2, -0.15) is 0 Å². The molecule has 0 aromatic rings. The van der Waals surface area contributed by atoms with Crippen LogP contribution in [-0.4, -0.2) is 78.8 Å². The Morgan fingerprint density at radius 2 is 0.818 bits per heavy atom. The van der Waals surface area contributed by atoms with Crippen molar-refractivity contribution < 1.29 is 0 Å². The fourth-order valence-electron chi connectivity index (χ4n) is 1.88. The van der Waals surface area contributed by atoms with Crippen LogP contribution in [0, 0.1) is 14.7 Å². The van der Waals surface area contributed by atoms with E-state index in [1.807, 2.05) is 20.8 Å². The first-order valence-electron chi connectivity index (χ1n) is 7.62. The molecule has 0 N–H and O–H groups in total. The number of nitrogens with zero attached hydrogens (tertiary/aromatic N) is 7. The maximum atomic E-state index is 10.6. The van der Waals surface area contributed by atoms with Crippen molar-refractivity contribution in [2.75, 3.05) is 58.9 Å². The summed E-state index contributed by atoms with van der Waals surface area (Å²) in [5, 5.41) is 13.1. The first kappa shape index (κ1) is 20.2. The lowest BCUT2D eigenvalue weighted by molar-refractivity contribution is 0.162. The molecule has 0 aromatic heterocycles. The Bertz CT molecular complexity index is 272. The predicted molar refractivity (Wildman–Crippen MR) is 85.6 cm³/mol. The molecule has 0 radical (unpaired) electrons. The lowest BCUT2D eigenvalue weighted by Crippen LogP contribution is -2.40. The zero-order valence-corrected chi connectivity index (χ0v) is 13.7. The molecule has 0 aliphatic rings. The molecule has 10 nitrogen and oxygen atoms in total. The molecule has 0 aliphatic carbocycles. The zero-order chi connectivity index (χ0) is 16.8. The summed E-state index contributed by atoms with van der Waals surface area (Å²) < 4.78 is 0. The molecule has 10 heteroatoms. The highest BCUT2D eigenvalue weighted by Gasteiger charge is 2.11. The second-order valence-corrected chi connectivity index (χ2v) is 4.73. The van der Waals surface area contributed by atoms with Gasteiger partial charge in [0.15, 0.2) is 0 Å². The van der Waals surface area contributed by atoms with E-state index in [2.05, 4.69) is 20.8 Å². The third kappa shape index (κ3) is 8.45. The summed E-state index contributed by atoms with van der Waals surface area (Å²) in [5.74, 6) is 0. The van der Waals surface area contributed by atoms with Crippen molar-refractivity contribution in [2.24, 2.45) is 15.9 Å². The van der Waals surface area contributed by atoms with E-state index in [0.29, 0.717) is 58.9 Å². The summed E-state index contributed by atoms with van der Waals surface area (Å²) in [6.45, 7) is 10.6. The van der Waals surface area contributed by atoms with Crippen LogP contribution in [0.25, 0.3) is 0 Å². The van der Waals surface area contributed by atoms with E-state index in [4.69, 9.17) is 0 Å². The highest BCUT2D eigenvalue weighted by atomic mass is 16.3. The molecule has 0 fully saturated rings. The van der Waals surface area contributed by atoms with Crippen molar-refractivity contribution in [3.8, 4) is 0 Å². The van der Waals surface area contributed by atoms with Gasteiger partial charge in [-0.25, -0.2) is 0 Å². The van der Waals surface area contributed by atoms with Gasteiger partial charge < -0.3 is 0 Å². The van der Waals surface area contributed by atoms with Crippen molar-refractivity contribution in [1.29, 1.82) is 0 Å². The minimum absolute atomic E-state index is 0.501. The van der Waals surface area contributed by atoms with E-state index in [9.17, 15) is 14.7 Å². The second-order valence-electron chi connectivity index (χ2n) is 4.73. The highest BCUT2D eigenvalue weighted by Crippen LogP contribution is 1.98. The van der Waals surface area contributed by atoms with E-state index in [1.165, 1.54) is 15.0 Å². The van der Waals surface area contributed by atoms with Gasteiger partial charge in [0.25, 0.3) is 0 Å². The molecule has 0 unspecified atom stereocenters. The van der Waals surface area contributed by atoms with E-state index < -0.39 is 0 Å². The minimum atomic E-state index is 0.501. The van der Waals surface area contributed by atoms with Crippen molar-refractivity contribution >= 4 is 0 Å². The fourth-order valence-corrected chi connectivity index (χ4v) is 1.88. The Kier molecular flexibility index (Phi) is 11.8. The van der Waals surface area contributed by atoms with Crippen LogP contribution in [0.15, 0.2) is 15.9 Å². The maximum absolute atomic E-state index is 10.6. The molecule has 0 aromatic carbocycles. The van der Waals surface area contributed by atoms with Crippen LogP contribution in [0.3, 0.4) is 0 Å². The SMILES string of the molecule is CCN(CCN(CCN(CC)N=O)CCN(CC)N=O)N=O. The molecular weight excluding hydrogens is 290 g/mol. The van der Waals surface area contributed by atoms with Crippen LogP contribution in [0.1, 0.15) is 20.8 Å². The average Bonchev–Trinajstić information content (AvgIpc) is 2.56. The zero-order valence-electron chi connectivity index (χ0n) is 13.7. The van der Waals surface area contributed by atoms with Gasteiger partial charge in [-0.3, -0.25) is 19.9 Å². The molecule has 0 spiro atoms. The first-order valence-corrected chi connectivity index (χ1v) is 7.62. The van der Waals surface area contributed by atoms with Gasteiger partial charge >= 0.3 is 0 Å². The van der Waals surface area contributed by atoms with Gasteiger partial charge in [-0.05, 0) is 20.8 Å². The molecule has 22 heavy (non-hydrogen) atoms. The number of hydrogen-bond acceptors (Lipinski definition) is 7. The Morgan fingerprint density at radius 1 is 0.545 bits per heavy atom. The standard InChI is InChI=1S/C12H27N7O3/c1-4-17(13-20)10-7-16(8-11-18(5-2)14-21)9-12-19(6-3)15-22/h4-12H2,1-3H3. The third-order valence-electron chi connectivity index (χ3n) is 3.46. The largest absolute Gasteiger partial charge is 0.298 e. The summed E-state index contributed by atoms with van der Waals surface area (Å²) in [4.78, 5) is 33.8. The van der Waals surface area contributed by atoms with Crippen LogP contribution in [0.2, 0.25) is 0 Å². The first-order chi connectivity index (χ1) is 10.6. The van der Waals surface area contributed by atoms with Crippen molar-refractivity contribution in [3.63, 3.8) is 0 Å². The van der Waals surface area contributed by atoms with Gasteiger partial charge in [0.2, 0.25) is 0 Å². The number of hydrogen-bond donors (Lipinski definition) is 0. The van der Waals surface area contributed by atoms with E-state index in [1.54, 1.807) is 0 Å². The third-order valence-corrected chi connectivity index (χ3v) is 3.46. The van der Waals surface area contributed by atoms with E-state index in [0.717, 1.165) is 0 Å². The molecule has 0 aliphatic heterocycles. The topological polar surface area (TPSA) is 101 Å². The Morgan fingerprint density at radius 3 is 1.00 bits per heavy atom. The smallest absolute Gasteiger partial charge is 0.0524 e. The Labute approximate surface area is 131 Å². The van der Waals surface area contributed by atoms with Gasteiger partial charge in [-0.1, -0.05) is 0 Å². The number of nitroso groups, excluding NO2 is 3. The summed E-state index contributed by atoms with van der Waals surface area (Å²) >= 11 is 0. The molecule has 0 atom stereocenters. The Balaban J connectivity index is 4.43. The number of rotatable bonds is 15. The average molecular weight is 317 g/mol. The summed E-state index contributed by atoms with van der Waals surface area (Å²) in [7, 11) is 0. The van der Waals surface area contributed by atoms with Crippen LogP contribution >= 0.6 is 0 Å². The molecule has 0 bridgehead atoms. The van der Waals surface area contributed by atoms with Crippen molar-refractivity contribution in [3.05, 3.63) is 14.7 Å². The lowest BCUT2D eigenvalue weighted by atomic mass is 10.4. The lowest BCUT2D eigenvalue weighted by Gasteiger charge is -2.27. The normalized spacial score (nSPS) is 10.4. The Hall–Kier alpha value is -1.84. The number of likely N-dealkylation sites (N-methyl/N-ethyl adjacent to an activating group) is 3. The maximum Gasteiger partial charge on any atom is 0.0524 e. The monoisotopic (exact) mass is 317 g/mol.